The Kier molecular flexibility index (Phi) is 6.88. The van der Waals surface area contributed by atoms with Crippen molar-refractivity contribution in [3.63, 3.8) is 0 Å². The molecule has 0 aromatic heterocycles. The minimum atomic E-state index is -0.955. The van der Waals surface area contributed by atoms with Crippen LogP contribution in [-0.2, 0) is 16.1 Å². The van der Waals surface area contributed by atoms with Crippen LogP contribution in [0.2, 0.25) is 0 Å². The second kappa shape index (κ2) is 9.76. The Morgan fingerprint density at radius 1 is 0.903 bits per heavy atom. The molecule has 0 unspecified atom stereocenters. The lowest BCUT2D eigenvalue weighted by Crippen LogP contribution is -2.33. The summed E-state index contributed by atoms with van der Waals surface area (Å²) in [6.07, 6.45) is 1.58. The van der Waals surface area contributed by atoms with Crippen molar-refractivity contribution in [2.75, 3.05) is 18.1 Å². The minimum absolute atomic E-state index is 0.166. The molecule has 8 nitrogen and oxygen atoms in total. The van der Waals surface area contributed by atoms with Gasteiger partial charge in [0.25, 0.3) is 0 Å². The van der Waals surface area contributed by atoms with E-state index in [4.69, 9.17) is 9.47 Å². The summed E-state index contributed by atoms with van der Waals surface area (Å²) in [4.78, 5) is 39.8. The largest absolute Gasteiger partial charge is 0.490 e. The van der Waals surface area contributed by atoms with E-state index >= 15 is 0 Å². The minimum Gasteiger partial charge on any atom is -0.490 e. The first-order chi connectivity index (χ1) is 15.0. The van der Waals surface area contributed by atoms with Gasteiger partial charge in [0.2, 0.25) is 0 Å². The number of rotatable bonds is 9. The molecule has 0 radical (unpaired) electrons. The highest BCUT2D eigenvalue weighted by Crippen LogP contribution is 2.34. The van der Waals surface area contributed by atoms with E-state index in [-0.39, 0.29) is 12.2 Å². The predicted octanol–water partition coefficient (Wildman–Crippen LogP) is 3.63. The number of amides is 4. The normalized spacial score (nSPS) is 13.5. The van der Waals surface area contributed by atoms with Crippen LogP contribution in [0.15, 0.2) is 42.5 Å². The second-order valence-corrected chi connectivity index (χ2v) is 6.91. The first-order valence-electron chi connectivity index (χ1n) is 10.1. The highest BCUT2D eigenvalue weighted by atomic mass is 16.5. The highest BCUT2D eigenvalue weighted by Gasteiger charge is 2.45. The van der Waals surface area contributed by atoms with Gasteiger partial charge in [0.15, 0.2) is 11.5 Å². The lowest BCUT2D eigenvalue weighted by molar-refractivity contribution is -0.139. The first kappa shape index (κ1) is 21.8. The van der Waals surface area contributed by atoms with Crippen LogP contribution in [-0.4, -0.2) is 36.0 Å². The number of carbonyl (C=O) groups is 3. The molecule has 3 rings (SSSR count). The van der Waals surface area contributed by atoms with E-state index in [1.54, 1.807) is 36.4 Å². The smallest absolute Gasteiger partial charge is 0.339 e. The van der Waals surface area contributed by atoms with E-state index in [1.807, 2.05) is 19.9 Å². The molecular formula is C23H23N3O5. The van der Waals surface area contributed by atoms with E-state index in [0.29, 0.717) is 35.8 Å². The van der Waals surface area contributed by atoms with Gasteiger partial charge in [-0.2, -0.15) is 5.26 Å². The molecule has 1 heterocycles. The van der Waals surface area contributed by atoms with Crippen molar-refractivity contribution in [1.82, 2.24) is 4.90 Å². The van der Waals surface area contributed by atoms with Crippen LogP contribution in [0.5, 0.6) is 11.5 Å². The third kappa shape index (κ3) is 4.51. The Balaban J connectivity index is 1.90. The zero-order valence-corrected chi connectivity index (χ0v) is 17.5. The van der Waals surface area contributed by atoms with Gasteiger partial charge in [-0.05, 0) is 36.6 Å². The van der Waals surface area contributed by atoms with Gasteiger partial charge in [0.1, 0.15) is 0 Å². The van der Waals surface area contributed by atoms with Crippen molar-refractivity contribution >= 4 is 23.5 Å². The Labute approximate surface area is 180 Å². The number of ether oxygens (including phenoxy) is 2. The average Bonchev–Trinajstić information content (AvgIpc) is 3.00. The number of imide groups is 2. The molecule has 0 spiro atoms. The molecule has 1 aliphatic heterocycles. The third-order valence-electron chi connectivity index (χ3n) is 4.63. The van der Waals surface area contributed by atoms with Crippen molar-refractivity contribution in [3.05, 3.63) is 53.6 Å². The number of nitriles is 1. The highest BCUT2D eigenvalue weighted by molar-refractivity contribution is 6.52. The van der Waals surface area contributed by atoms with Gasteiger partial charge in [0.05, 0.1) is 37.1 Å². The van der Waals surface area contributed by atoms with Crippen LogP contribution < -0.4 is 14.4 Å². The maximum atomic E-state index is 13.0. The number of carbonyl (C=O) groups excluding carboxylic acids is 3. The molecule has 0 saturated carbocycles. The predicted molar refractivity (Wildman–Crippen MR) is 113 cm³/mol. The van der Waals surface area contributed by atoms with Crippen LogP contribution >= 0.6 is 0 Å². The summed E-state index contributed by atoms with van der Waals surface area (Å²) < 4.78 is 11.4. The molecule has 0 atom stereocenters. The summed E-state index contributed by atoms with van der Waals surface area (Å²) >= 11 is 0. The zero-order valence-electron chi connectivity index (χ0n) is 17.5. The summed E-state index contributed by atoms with van der Waals surface area (Å²) in [5.41, 5.74) is 1.03. The third-order valence-corrected chi connectivity index (χ3v) is 4.63. The Morgan fingerprint density at radius 3 is 2.26 bits per heavy atom. The number of anilines is 1. The number of benzene rings is 2. The number of nitrogens with zero attached hydrogens (tertiary/aromatic N) is 3. The van der Waals surface area contributed by atoms with Gasteiger partial charge in [-0.15, -0.1) is 0 Å². The summed E-state index contributed by atoms with van der Waals surface area (Å²) in [5, 5.41) is 9.25. The number of hydrogen-bond donors (Lipinski definition) is 0. The summed E-state index contributed by atoms with van der Waals surface area (Å²) in [6, 6.07) is 12.6. The fourth-order valence-electron chi connectivity index (χ4n) is 3.10. The van der Waals surface area contributed by atoms with Crippen LogP contribution in [0, 0.1) is 11.3 Å². The summed E-state index contributed by atoms with van der Waals surface area (Å²) in [7, 11) is 0. The number of urea groups is 1. The van der Waals surface area contributed by atoms with Gasteiger partial charge in [-0.25, -0.2) is 9.69 Å². The average molecular weight is 421 g/mol. The quantitative estimate of drug-likeness (QED) is 0.453. The zero-order chi connectivity index (χ0) is 22.4. The maximum absolute atomic E-state index is 13.0. The molecule has 4 amide bonds. The lowest BCUT2D eigenvalue weighted by atomic mass is 10.1. The molecule has 1 fully saturated rings. The standard InChI is InChI=1S/C23H23N3O5/c1-3-11-30-19-10-9-18(13-20(19)31-12-4-2)26-22(28)21(27)25(23(26)29)15-17-8-6-5-7-16(17)14-24/h5-10,13H,3-4,11-12,15H2,1-2H3. The molecule has 2 aromatic carbocycles. The Bertz CT molecular complexity index is 1040. The van der Waals surface area contributed by atoms with Crippen molar-refractivity contribution in [1.29, 1.82) is 5.26 Å². The maximum Gasteiger partial charge on any atom is 0.339 e. The number of hydrogen-bond acceptors (Lipinski definition) is 6. The molecule has 31 heavy (non-hydrogen) atoms. The molecule has 2 aromatic rings. The molecule has 0 N–H and O–H groups in total. The molecule has 0 bridgehead atoms. The van der Waals surface area contributed by atoms with E-state index in [0.717, 1.165) is 22.6 Å². The van der Waals surface area contributed by atoms with Gasteiger partial charge in [0, 0.05) is 6.07 Å². The first-order valence-corrected chi connectivity index (χ1v) is 10.1. The van der Waals surface area contributed by atoms with E-state index in [9.17, 15) is 19.6 Å². The second-order valence-electron chi connectivity index (χ2n) is 6.91. The SMILES string of the molecule is CCCOc1ccc(N2C(=O)C(=O)N(Cc3ccccc3C#N)C2=O)cc1OCCC. The van der Waals surface area contributed by atoms with Crippen molar-refractivity contribution < 1.29 is 23.9 Å². The van der Waals surface area contributed by atoms with Crippen LogP contribution in [0.4, 0.5) is 10.5 Å². The fourth-order valence-corrected chi connectivity index (χ4v) is 3.10. The van der Waals surface area contributed by atoms with Crippen molar-refractivity contribution in [2.24, 2.45) is 0 Å². The van der Waals surface area contributed by atoms with Crippen LogP contribution in [0.3, 0.4) is 0 Å². The molecule has 1 saturated heterocycles. The van der Waals surface area contributed by atoms with E-state index in [1.165, 1.54) is 6.07 Å². The van der Waals surface area contributed by atoms with Crippen LogP contribution in [0.25, 0.3) is 0 Å². The Morgan fingerprint density at radius 2 is 1.58 bits per heavy atom. The lowest BCUT2D eigenvalue weighted by Gasteiger charge is -2.18. The van der Waals surface area contributed by atoms with Gasteiger partial charge in [-0.1, -0.05) is 32.0 Å². The monoisotopic (exact) mass is 421 g/mol. The van der Waals surface area contributed by atoms with Gasteiger partial charge >= 0.3 is 17.8 Å². The molecule has 0 aliphatic carbocycles. The van der Waals surface area contributed by atoms with E-state index < -0.39 is 17.8 Å². The van der Waals surface area contributed by atoms with Crippen molar-refractivity contribution in [2.45, 2.75) is 33.2 Å². The van der Waals surface area contributed by atoms with Gasteiger partial charge in [-0.3, -0.25) is 14.5 Å². The summed E-state index contributed by atoms with van der Waals surface area (Å²) in [5.74, 6) is -0.999. The summed E-state index contributed by atoms with van der Waals surface area (Å²) in [6.45, 7) is 4.70. The molecule has 1 aliphatic rings. The molecule has 160 valence electrons. The molecular weight excluding hydrogens is 398 g/mol. The fraction of sp³-hybridized carbons (Fsp3) is 0.304. The Hall–Kier alpha value is -3.86. The van der Waals surface area contributed by atoms with Crippen molar-refractivity contribution in [3.8, 4) is 17.6 Å². The van der Waals surface area contributed by atoms with Crippen LogP contribution in [0.1, 0.15) is 37.8 Å². The topological polar surface area (TPSA) is 99.9 Å². The molecule has 8 heteroatoms. The van der Waals surface area contributed by atoms with Gasteiger partial charge < -0.3 is 9.47 Å². The van der Waals surface area contributed by atoms with E-state index in [2.05, 4.69) is 0 Å².